The third-order valence-corrected chi connectivity index (χ3v) is 5.27. The lowest BCUT2D eigenvalue weighted by molar-refractivity contribution is 0.109. The lowest BCUT2D eigenvalue weighted by atomic mass is 9.55. The Balaban J connectivity index is 1.66. The fourth-order valence-corrected chi connectivity index (χ4v) is 4.62. The van der Waals surface area contributed by atoms with Crippen molar-refractivity contribution < 1.29 is 0 Å². The summed E-state index contributed by atoms with van der Waals surface area (Å²) in [7, 11) is 0. The van der Waals surface area contributed by atoms with Gasteiger partial charge in [-0.3, -0.25) is 4.99 Å². The summed E-state index contributed by atoms with van der Waals surface area (Å²) in [4.78, 5) is 5.02. The second-order valence-electron chi connectivity index (χ2n) is 6.68. The van der Waals surface area contributed by atoms with E-state index in [-0.39, 0.29) is 0 Å². The highest BCUT2D eigenvalue weighted by atomic mass is 14.8. The lowest BCUT2D eigenvalue weighted by Gasteiger charge is -2.50. The highest BCUT2D eigenvalue weighted by molar-refractivity contribution is 5.92. The average Bonchev–Trinajstić information content (AvgIpc) is 2.35. The zero-order valence-electron chi connectivity index (χ0n) is 11.1. The zero-order chi connectivity index (χ0) is 12.1. The van der Waals surface area contributed by atoms with E-state index in [1.807, 2.05) is 0 Å². The van der Waals surface area contributed by atoms with Crippen molar-refractivity contribution in [1.82, 2.24) is 0 Å². The van der Waals surface area contributed by atoms with E-state index < -0.39 is 0 Å². The molecule has 0 aromatic heterocycles. The molecule has 94 valence electrons. The number of hydrogen-bond donors (Lipinski definition) is 0. The summed E-state index contributed by atoms with van der Waals surface area (Å²) in [5, 5.41) is 0. The second-order valence-corrected chi connectivity index (χ2v) is 6.68. The minimum atomic E-state index is 0.822. The van der Waals surface area contributed by atoms with Gasteiger partial charge in [0.25, 0.3) is 0 Å². The molecule has 0 radical (unpaired) electrons. The Morgan fingerprint density at radius 3 is 1.94 bits per heavy atom. The molecule has 0 heterocycles. The Kier molecular flexibility index (Phi) is 2.36. The monoisotopic (exact) mass is 239 g/mol. The van der Waals surface area contributed by atoms with Gasteiger partial charge in [0.15, 0.2) is 0 Å². The van der Waals surface area contributed by atoms with Crippen molar-refractivity contribution >= 4 is 11.4 Å². The molecule has 0 unspecified atom stereocenters. The van der Waals surface area contributed by atoms with Crippen LogP contribution >= 0.6 is 0 Å². The van der Waals surface area contributed by atoms with Crippen LogP contribution in [0.4, 0.5) is 5.69 Å². The number of aryl methyl sites for hydroxylation is 1. The molecule has 4 saturated carbocycles. The predicted molar refractivity (Wildman–Crippen MR) is 75.3 cm³/mol. The lowest BCUT2D eigenvalue weighted by Crippen LogP contribution is -2.45. The fourth-order valence-electron chi connectivity index (χ4n) is 4.62. The Hall–Kier alpha value is -1.11. The topological polar surface area (TPSA) is 12.4 Å². The number of aliphatic imine (C=N–C) groups is 1. The smallest absolute Gasteiger partial charge is 0.0629 e. The maximum absolute atomic E-state index is 5.02. The van der Waals surface area contributed by atoms with Gasteiger partial charge in [0.05, 0.1) is 5.69 Å². The summed E-state index contributed by atoms with van der Waals surface area (Å²) in [6, 6.07) is 8.70. The molecule has 0 N–H and O–H groups in total. The first-order valence-corrected chi connectivity index (χ1v) is 7.43. The first-order chi connectivity index (χ1) is 8.78. The molecule has 4 bridgehead atoms. The summed E-state index contributed by atoms with van der Waals surface area (Å²) in [5.41, 5.74) is 4.04. The third-order valence-electron chi connectivity index (χ3n) is 5.27. The summed E-state index contributed by atoms with van der Waals surface area (Å²) >= 11 is 0. The maximum atomic E-state index is 5.02. The molecule has 4 aliphatic carbocycles. The van der Waals surface area contributed by atoms with Crippen LogP contribution in [0, 0.1) is 30.6 Å². The Labute approximate surface area is 109 Å². The molecular formula is C17H21N. The normalized spacial score (nSPS) is 37.1. The van der Waals surface area contributed by atoms with E-state index in [1.165, 1.54) is 43.4 Å². The Morgan fingerprint density at radius 1 is 0.833 bits per heavy atom. The molecule has 18 heavy (non-hydrogen) atoms. The van der Waals surface area contributed by atoms with Gasteiger partial charge in [-0.1, -0.05) is 17.7 Å². The summed E-state index contributed by atoms with van der Waals surface area (Å²) in [5.74, 6) is 3.71. The Morgan fingerprint density at radius 2 is 1.39 bits per heavy atom. The molecule has 0 saturated heterocycles. The van der Waals surface area contributed by atoms with E-state index in [9.17, 15) is 0 Å². The molecule has 0 atom stereocenters. The molecule has 4 aliphatic rings. The Bertz CT molecular complexity index is 453. The first-order valence-electron chi connectivity index (χ1n) is 7.43. The van der Waals surface area contributed by atoms with E-state index in [0.717, 1.165) is 23.7 Å². The van der Waals surface area contributed by atoms with Crippen molar-refractivity contribution in [1.29, 1.82) is 0 Å². The molecule has 0 spiro atoms. The fraction of sp³-hybridized carbons (Fsp3) is 0.588. The van der Waals surface area contributed by atoms with Crippen molar-refractivity contribution in [3.05, 3.63) is 29.8 Å². The van der Waals surface area contributed by atoms with Crippen LogP contribution in [0.2, 0.25) is 0 Å². The van der Waals surface area contributed by atoms with Gasteiger partial charge in [-0.15, -0.1) is 0 Å². The van der Waals surface area contributed by atoms with Crippen LogP contribution in [0.3, 0.4) is 0 Å². The van der Waals surface area contributed by atoms with Gasteiger partial charge < -0.3 is 0 Å². The van der Waals surface area contributed by atoms with Crippen molar-refractivity contribution in [2.24, 2.45) is 28.7 Å². The summed E-state index contributed by atoms with van der Waals surface area (Å²) in [6.45, 7) is 2.14. The van der Waals surface area contributed by atoms with E-state index >= 15 is 0 Å². The quantitative estimate of drug-likeness (QED) is 0.683. The van der Waals surface area contributed by atoms with Gasteiger partial charge >= 0.3 is 0 Å². The van der Waals surface area contributed by atoms with Crippen molar-refractivity contribution in [3.63, 3.8) is 0 Å². The number of nitrogens with zero attached hydrogens (tertiary/aromatic N) is 1. The third kappa shape index (κ3) is 1.72. The van der Waals surface area contributed by atoms with Crippen LogP contribution in [0.1, 0.15) is 37.7 Å². The minimum Gasteiger partial charge on any atom is -0.257 e. The number of hydrogen-bond acceptors (Lipinski definition) is 1. The minimum absolute atomic E-state index is 0.822. The average molecular weight is 239 g/mol. The van der Waals surface area contributed by atoms with Gasteiger partial charge in [-0.2, -0.15) is 0 Å². The molecule has 1 aromatic carbocycles. The van der Waals surface area contributed by atoms with Gasteiger partial charge in [-0.05, 0) is 74.8 Å². The first kappa shape index (κ1) is 10.8. The van der Waals surface area contributed by atoms with Crippen molar-refractivity contribution in [3.8, 4) is 0 Å². The van der Waals surface area contributed by atoms with Gasteiger partial charge in [0.2, 0.25) is 0 Å². The molecular weight excluding hydrogens is 218 g/mol. The predicted octanol–water partition coefficient (Wildman–Crippen LogP) is 4.52. The summed E-state index contributed by atoms with van der Waals surface area (Å²) in [6.07, 6.45) is 7.23. The highest BCUT2D eigenvalue weighted by Crippen LogP contribution is 2.52. The van der Waals surface area contributed by atoms with Gasteiger partial charge in [-0.25, -0.2) is 0 Å². The molecule has 1 heteroatoms. The van der Waals surface area contributed by atoms with E-state index in [0.29, 0.717) is 0 Å². The van der Waals surface area contributed by atoms with Crippen LogP contribution in [-0.4, -0.2) is 5.71 Å². The molecule has 5 rings (SSSR count). The molecule has 1 aromatic rings. The van der Waals surface area contributed by atoms with Crippen LogP contribution in [0.25, 0.3) is 0 Å². The van der Waals surface area contributed by atoms with E-state index in [2.05, 4.69) is 31.2 Å². The van der Waals surface area contributed by atoms with Crippen molar-refractivity contribution in [2.75, 3.05) is 0 Å². The zero-order valence-corrected chi connectivity index (χ0v) is 11.1. The SMILES string of the molecule is Cc1ccc(N=C2C3CC4CC(C3)CC2C4)cc1. The largest absolute Gasteiger partial charge is 0.257 e. The molecule has 1 nitrogen and oxygen atoms in total. The van der Waals surface area contributed by atoms with E-state index in [4.69, 9.17) is 4.99 Å². The van der Waals surface area contributed by atoms with Crippen molar-refractivity contribution in [2.45, 2.75) is 39.0 Å². The van der Waals surface area contributed by atoms with E-state index in [1.54, 1.807) is 5.71 Å². The number of benzene rings is 1. The van der Waals surface area contributed by atoms with Gasteiger partial charge in [0, 0.05) is 5.71 Å². The number of rotatable bonds is 1. The van der Waals surface area contributed by atoms with Crippen LogP contribution in [0.5, 0.6) is 0 Å². The molecule has 0 aliphatic heterocycles. The highest BCUT2D eigenvalue weighted by Gasteiger charge is 2.46. The maximum Gasteiger partial charge on any atom is 0.0629 e. The standard InChI is InChI=1S/C17H21N/c1-11-2-4-16(5-3-11)18-17-14-7-12-6-13(9-14)10-15(17)8-12/h2-5,12-15H,6-10H2,1H3. The second kappa shape index (κ2) is 3.94. The van der Waals surface area contributed by atoms with Gasteiger partial charge in [0.1, 0.15) is 0 Å². The summed E-state index contributed by atoms with van der Waals surface area (Å²) < 4.78 is 0. The van der Waals surface area contributed by atoms with Crippen LogP contribution in [-0.2, 0) is 0 Å². The molecule has 0 amide bonds. The van der Waals surface area contributed by atoms with Crippen LogP contribution < -0.4 is 0 Å². The van der Waals surface area contributed by atoms with Crippen LogP contribution in [0.15, 0.2) is 29.3 Å². The molecule has 4 fully saturated rings.